The molecule has 1 saturated carbocycles. The lowest BCUT2D eigenvalue weighted by atomic mass is 9.81. The van der Waals surface area contributed by atoms with E-state index in [1.54, 1.807) is 0 Å². The van der Waals surface area contributed by atoms with Gasteiger partial charge in [-0.05, 0) is 12.8 Å². The monoisotopic (exact) mass is 148 g/mol. The lowest BCUT2D eigenvalue weighted by Gasteiger charge is -2.16. The van der Waals surface area contributed by atoms with E-state index in [4.69, 9.17) is 15.3 Å². The van der Waals surface area contributed by atoms with Crippen LogP contribution in [-0.4, -0.2) is 12.2 Å². The van der Waals surface area contributed by atoms with E-state index in [2.05, 4.69) is 12.1 Å². The molecular formula is C8H8N2O. The number of epoxide rings is 1. The van der Waals surface area contributed by atoms with Gasteiger partial charge in [-0.1, -0.05) is 0 Å². The third-order valence-corrected chi connectivity index (χ3v) is 2.48. The van der Waals surface area contributed by atoms with Gasteiger partial charge in [0.2, 0.25) is 0 Å². The van der Waals surface area contributed by atoms with E-state index < -0.39 is 0 Å². The molecule has 2 fully saturated rings. The molecule has 0 spiro atoms. The van der Waals surface area contributed by atoms with E-state index in [0.29, 0.717) is 12.2 Å². The standard InChI is InChI=1S/C8H8N2O/c9-3-5-1-7-8(11-7)2-6(5)4-10/h5-8H,1-2H2/t5-,6-,7+,8+/m0/s1. The van der Waals surface area contributed by atoms with Crippen LogP contribution in [0.25, 0.3) is 0 Å². The van der Waals surface area contributed by atoms with E-state index in [0.717, 1.165) is 12.8 Å². The zero-order valence-electron chi connectivity index (χ0n) is 6.03. The van der Waals surface area contributed by atoms with Crippen LogP contribution in [0.15, 0.2) is 0 Å². The molecule has 4 atom stereocenters. The first kappa shape index (κ1) is 6.64. The lowest BCUT2D eigenvalue weighted by molar-refractivity contribution is 0.370. The van der Waals surface area contributed by atoms with E-state index in [1.165, 1.54) is 0 Å². The third-order valence-electron chi connectivity index (χ3n) is 2.48. The van der Waals surface area contributed by atoms with Crippen LogP contribution >= 0.6 is 0 Å². The maximum atomic E-state index is 8.67. The van der Waals surface area contributed by atoms with Crippen molar-refractivity contribution in [1.82, 2.24) is 0 Å². The summed E-state index contributed by atoms with van der Waals surface area (Å²) < 4.78 is 5.24. The van der Waals surface area contributed by atoms with E-state index >= 15 is 0 Å². The van der Waals surface area contributed by atoms with Crippen molar-refractivity contribution in [3.05, 3.63) is 0 Å². The Morgan fingerprint density at radius 3 is 1.82 bits per heavy atom. The molecule has 11 heavy (non-hydrogen) atoms. The molecule has 56 valence electrons. The van der Waals surface area contributed by atoms with Crippen LogP contribution in [0, 0.1) is 34.5 Å². The van der Waals surface area contributed by atoms with Crippen molar-refractivity contribution in [1.29, 1.82) is 10.5 Å². The fourth-order valence-corrected chi connectivity index (χ4v) is 1.71. The molecule has 3 nitrogen and oxygen atoms in total. The number of ether oxygens (including phenoxy) is 1. The predicted octanol–water partition coefficient (Wildman–Crippen LogP) is 0.827. The van der Waals surface area contributed by atoms with Crippen LogP contribution in [0.3, 0.4) is 0 Å². The molecule has 0 N–H and O–H groups in total. The van der Waals surface area contributed by atoms with Gasteiger partial charge in [0.05, 0.1) is 36.2 Å². The minimum Gasteiger partial charge on any atom is -0.369 e. The Balaban J connectivity index is 2.08. The van der Waals surface area contributed by atoms with Crippen molar-refractivity contribution in [3.8, 4) is 12.1 Å². The van der Waals surface area contributed by atoms with Crippen LogP contribution in [0.5, 0.6) is 0 Å². The second-order valence-corrected chi connectivity index (χ2v) is 3.16. The molecule has 0 amide bonds. The maximum Gasteiger partial charge on any atom is 0.0855 e. The fraction of sp³-hybridized carbons (Fsp3) is 0.750. The molecule has 1 saturated heterocycles. The fourth-order valence-electron chi connectivity index (χ4n) is 1.71. The molecule has 0 radical (unpaired) electrons. The molecule has 0 bridgehead atoms. The van der Waals surface area contributed by atoms with Gasteiger partial charge in [-0.15, -0.1) is 0 Å². The molecule has 2 rings (SSSR count). The summed E-state index contributed by atoms with van der Waals surface area (Å²) in [5.41, 5.74) is 0. The molecule has 3 heteroatoms. The molecule has 0 unspecified atom stereocenters. The number of hydrogen-bond acceptors (Lipinski definition) is 3. The molecule has 1 heterocycles. The third kappa shape index (κ3) is 0.982. The van der Waals surface area contributed by atoms with E-state index in [9.17, 15) is 0 Å². The highest BCUT2D eigenvalue weighted by molar-refractivity contribution is 5.08. The molecule has 0 aromatic heterocycles. The average Bonchev–Trinajstić information content (AvgIpc) is 2.79. The Bertz CT molecular complexity index is 224. The first-order valence-electron chi connectivity index (χ1n) is 3.80. The Kier molecular flexibility index (Phi) is 1.34. The Morgan fingerprint density at radius 1 is 1.00 bits per heavy atom. The van der Waals surface area contributed by atoms with Crippen LogP contribution in [0.4, 0.5) is 0 Å². The van der Waals surface area contributed by atoms with Crippen LogP contribution < -0.4 is 0 Å². The number of hydrogen-bond donors (Lipinski definition) is 0. The quantitative estimate of drug-likeness (QED) is 0.478. The predicted molar refractivity (Wildman–Crippen MR) is 36.1 cm³/mol. The molecule has 0 aromatic rings. The smallest absolute Gasteiger partial charge is 0.0855 e. The largest absolute Gasteiger partial charge is 0.369 e. The van der Waals surface area contributed by atoms with Gasteiger partial charge in [-0.2, -0.15) is 10.5 Å². The van der Waals surface area contributed by atoms with Crippen molar-refractivity contribution >= 4 is 0 Å². The van der Waals surface area contributed by atoms with Gasteiger partial charge >= 0.3 is 0 Å². The molecular weight excluding hydrogens is 140 g/mol. The highest BCUT2D eigenvalue weighted by Gasteiger charge is 2.48. The summed E-state index contributed by atoms with van der Waals surface area (Å²) >= 11 is 0. The van der Waals surface area contributed by atoms with Crippen molar-refractivity contribution < 1.29 is 4.74 Å². The summed E-state index contributed by atoms with van der Waals surface area (Å²) in [4.78, 5) is 0. The zero-order valence-corrected chi connectivity index (χ0v) is 6.03. The average molecular weight is 148 g/mol. The number of fused-ring (bicyclic) bond motifs is 1. The second kappa shape index (κ2) is 2.22. The molecule has 1 aliphatic carbocycles. The van der Waals surface area contributed by atoms with Crippen LogP contribution in [0.1, 0.15) is 12.8 Å². The van der Waals surface area contributed by atoms with Crippen molar-refractivity contribution in [2.24, 2.45) is 11.8 Å². The van der Waals surface area contributed by atoms with Crippen molar-refractivity contribution in [3.63, 3.8) is 0 Å². The number of nitrogens with zero attached hydrogens (tertiary/aromatic N) is 2. The van der Waals surface area contributed by atoms with Crippen molar-refractivity contribution in [2.75, 3.05) is 0 Å². The highest BCUT2D eigenvalue weighted by atomic mass is 16.6. The van der Waals surface area contributed by atoms with Crippen LogP contribution in [0.2, 0.25) is 0 Å². The summed E-state index contributed by atoms with van der Waals surface area (Å²) in [6.45, 7) is 0. The van der Waals surface area contributed by atoms with Crippen molar-refractivity contribution in [2.45, 2.75) is 25.0 Å². The highest BCUT2D eigenvalue weighted by Crippen LogP contribution is 2.42. The van der Waals surface area contributed by atoms with E-state index in [-0.39, 0.29) is 11.8 Å². The summed E-state index contributed by atoms with van der Waals surface area (Å²) in [7, 11) is 0. The lowest BCUT2D eigenvalue weighted by Crippen LogP contribution is -2.21. The summed E-state index contributed by atoms with van der Waals surface area (Å²) in [5, 5.41) is 17.3. The first-order chi connectivity index (χ1) is 5.35. The molecule has 2 aliphatic rings. The summed E-state index contributed by atoms with van der Waals surface area (Å²) in [6.07, 6.45) is 2.12. The SMILES string of the molecule is N#C[C@@H]1C[C@H]2O[C@@H]2C[C@H]1C#N. The summed E-state index contributed by atoms with van der Waals surface area (Å²) in [5.74, 6) is -0.188. The normalized spacial score (nSPS) is 46.7. The van der Waals surface area contributed by atoms with Gasteiger partial charge < -0.3 is 4.74 Å². The minimum atomic E-state index is -0.0938. The van der Waals surface area contributed by atoms with Gasteiger partial charge in [-0.25, -0.2) is 0 Å². The topological polar surface area (TPSA) is 60.1 Å². The minimum absolute atomic E-state index is 0.0938. The Morgan fingerprint density at radius 2 is 1.45 bits per heavy atom. The van der Waals surface area contributed by atoms with Gasteiger partial charge in [0.15, 0.2) is 0 Å². The maximum absolute atomic E-state index is 8.67. The van der Waals surface area contributed by atoms with E-state index in [1.807, 2.05) is 0 Å². The zero-order chi connectivity index (χ0) is 7.84. The van der Waals surface area contributed by atoms with Crippen LogP contribution in [-0.2, 0) is 4.74 Å². The van der Waals surface area contributed by atoms with Gasteiger partial charge in [0.1, 0.15) is 0 Å². The Hall–Kier alpha value is -1.06. The number of rotatable bonds is 0. The van der Waals surface area contributed by atoms with Gasteiger partial charge in [0, 0.05) is 0 Å². The summed E-state index contributed by atoms with van der Waals surface area (Å²) in [6, 6.07) is 4.32. The second-order valence-electron chi connectivity index (χ2n) is 3.16. The number of nitriles is 2. The molecule has 1 aliphatic heterocycles. The molecule has 0 aromatic carbocycles. The Labute approximate surface area is 65.2 Å². The first-order valence-corrected chi connectivity index (χ1v) is 3.80. The van der Waals surface area contributed by atoms with Gasteiger partial charge in [0.25, 0.3) is 0 Å². The van der Waals surface area contributed by atoms with Gasteiger partial charge in [-0.3, -0.25) is 0 Å².